The zero-order chi connectivity index (χ0) is 14.8. The van der Waals surface area contributed by atoms with E-state index in [1.54, 1.807) is 12.1 Å². The molecule has 21 heavy (non-hydrogen) atoms. The Balaban J connectivity index is 1.74. The summed E-state index contributed by atoms with van der Waals surface area (Å²) in [5, 5.41) is 7.45. The van der Waals surface area contributed by atoms with Gasteiger partial charge in [0.1, 0.15) is 0 Å². The second kappa shape index (κ2) is 6.55. The third-order valence-electron chi connectivity index (χ3n) is 4.37. The fraction of sp³-hybridized carbons (Fsp3) is 0.562. The second-order valence-electron chi connectivity index (χ2n) is 6.00. The lowest BCUT2D eigenvalue weighted by Crippen LogP contribution is -2.25. The van der Waals surface area contributed by atoms with Crippen molar-refractivity contribution in [3.05, 3.63) is 33.3 Å². The molecule has 3 rings (SSSR count). The highest BCUT2D eigenvalue weighted by Gasteiger charge is 2.25. The predicted octanol–water partition coefficient (Wildman–Crippen LogP) is 3.60. The van der Waals surface area contributed by atoms with E-state index in [0.29, 0.717) is 21.5 Å². The van der Waals surface area contributed by atoms with Crippen molar-refractivity contribution in [2.45, 2.75) is 31.6 Å². The Labute approximate surface area is 135 Å². The normalized spacial score (nSPS) is 21.5. The van der Waals surface area contributed by atoms with Crippen molar-refractivity contribution in [2.24, 2.45) is 5.92 Å². The predicted molar refractivity (Wildman–Crippen MR) is 86.4 cm³/mol. The van der Waals surface area contributed by atoms with Crippen LogP contribution in [0, 0.1) is 5.92 Å². The first-order valence-corrected chi connectivity index (χ1v) is 8.39. The summed E-state index contributed by atoms with van der Waals surface area (Å²) >= 11 is 12.8. The number of benzene rings is 1. The molecule has 1 atom stereocenters. The summed E-state index contributed by atoms with van der Waals surface area (Å²) in [6.45, 7) is 2.56. The van der Waals surface area contributed by atoms with Gasteiger partial charge in [0.25, 0.3) is 5.91 Å². The van der Waals surface area contributed by atoms with E-state index in [9.17, 15) is 4.79 Å². The van der Waals surface area contributed by atoms with Crippen molar-refractivity contribution in [3.8, 4) is 0 Å². The first-order chi connectivity index (χ1) is 10.2. The number of carbonyl (C=O) groups excluding carboxylic acids is 1. The van der Waals surface area contributed by atoms with Gasteiger partial charge >= 0.3 is 0 Å². The molecule has 1 aromatic rings. The molecule has 0 aromatic heterocycles. The van der Waals surface area contributed by atoms with Crippen molar-refractivity contribution in [2.75, 3.05) is 19.6 Å². The number of carbonyl (C=O) groups is 1. The molecule has 0 radical (unpaired) electrons. The van der Waals surface area contributed by atoms with Gasteiger partial charge in [0.2, 0.25) is 0 Å². The molecule has 0 spiro atoms. The molecule has 1 saturated carbocycles. The van der Waals surface area contributed by atoms with Gasteiger partial charge < -0.3 is 10.6 Å². The van der Waals surface area contributed by atoms with Crippen LogP contribution in [0.4, 0.5) is 0 Å². The molecule has 2 N–H and O–H groups in total. The van der Waals surface area contributed by atoms with E-state index in [-0.39, 0.29) is 5.91 Å². The molecule has 2 fully saturated rings. The van der Waals surface area contributed by atoms with Crippen LogP contribution in [0.5, 0.6) is 0 Å². The quantitative estimate of drug-likeness (QED) is 0.868. The molecule has 1 aliphatic carbocycles. The third-order valence-corrected chi connectivity index (χ3v) is 5.11. The molecule has 1 aromatic carbocycles. The number of hydrogen-bond donors (Lipinski definition) is 2. The van der Waals surface area contributed by atoms with Crippen LogP contribution < -0.4 is 10.6 Å². The maximum absolute atomic E-state index is 12.3. The minimum atomic E-state index is -0.0930. The lowest BCUT2D eigenvalue weighted by atomic mass is 9.96. The van der Waals surface area contributed by atoms with Crippen molar-refractivity contribution in [1.82, 2.24) is 10.6 Å². The third kappa shape index (κ3) is 3.53. The molecule has 3 nitrogen and oxygen atoms in total. The summed E-state index contributed by atoms with van der Waals surface area (Å²) in [5.74, 6) is 1.01. The summed E-state index contributed by atoms with van der Waals surface area (Å²) in [5.41, 5.74) is 1.46. The zero-order valence-corrected chi connectivity index (χ0v) is 13.4. The van der Waals surface area contributed by atoms with E-state index in [0.717, 1.165) is 44.0 Å². The van der Waals surface area contributed by atoms with Crippen LogP contribution in [0.1, 0.15) is 47.5 Å². The Morgan fingerprint density at radius 1 is 1.29 bits per heavy atom. The van der Waals surface area contributed by atoms with Crippen LogP contribution in [-0.2, 0) is 0 Å². The van der Waals surface area contributed by atoms with Gasteiger partial charge in [-0.3, -0.25) is 4.79 Å². The van der Waals surface area contributed by atoms with Crippen molar-refractivity contribution in [3.63, 3.8) is 0 Å². The molecular weight excluding hydrogens is 307 g/mol. The molecule has 5 heteroatoms. The van der Waals surface area contributed by atoms with E-state index >= 15 is 0 Å². The molecule has 1 aliphatic heterocycles. The molecule has 1 unspecified atom stereocenters. The molecule has 0 bridgehead atoms. The summed E-state index contributed by atoms with van der Waals surface area (Å²) in [6.07, 6.45) is 4.68. The number of rotatable bonds is 5. The van der Waals surface area contributed by atoms with Crippen molar-refractivity contribution in [1.29, 1.82) is 0 Å². The van der Waals surface area contributed by atoms with Gasteiger partial charge in [-0.2, -0.15) is 0 Å². The Morgan fingerprint density at radius 2 is 2.10 bits per heavy atom. The number of hydrogen-bond acceptors (Lipinski definition) is 2. The van der Waals surface area contributed by atoms with E-state index < -0.39 is 0 Å². The Hall–Kier alpha value is -0.770. The highest BCUT2D eigenvalue weighted by atomic mass is 35.5. The summed E-state index contributed by atoms with van der Waals surface area (Å²) in [4.78, 5) is 12.3. The highest BCUT2D eigenvalue weighted by molar-refractivity contribution is 6.38. The molecular formula is C16H20Cl2N2O. The molecule has 114 valence electrons. The first-order valence-electron chi connectivity index (χ1n) is 7.63. The Morgan fingerprint density at radius 3 is 2.76 bits per heavy atom. The van der Waals surface area contributed by atoms with Gasteiger partial charge in [0.15, 0.2) is 0 Å². The van der Waals surface area contributed by atoms with Crippen LogP contribution in [0.2, 0.25) is 10.0 Å². The van der Waals surface area contributed by atoms with Gasteiger partial charge in [0, 0.05) is 24.0 Å². The van der Waals surface area contributed by atoms with Crippen LogP contribution in [-0.4, -0.2) is 25.5 Å². The summed E-state index contributed by atoms with van der Waals surface area (Å²) < 4.78 is 0. The zero-order valence-electron chi connectivity index (χ0n) is 11.9. The van der Waals surface area contributed by atoms with Crippen LogP contribution in [0.3, 0.4) is 0 Å². The topological polar surface area (TPSA) is 41.1 Å². The van der Waals surface area contributed by atoms with E-state index in [4.69, 9.17) is 23.2 Å². The molecule has 1 heterocycles. The second-order valence-corrected chi connectivity index (χ2v) is 6.79. The van der Waals surface area contributed by atoms with Gasteiger partial charge in [0.05, 0.1) is 10.6 Å². The van der Waals surface area contributed by atoms with E-state index in [1.165, 1.54) is 12.8 Å². The first kappa shape index (κ1) is 15.1. The molecule has 2 aliphatic rings. The van der Waals surface area contributed by atoms with Gasteiger partial charge in [-0.25, -0.2) is 0 Å². The summed E-state index contributed by atoms with van der Waals surface area (Å²) in [7, 11) is 0. The maximum atomic E-state index is 12.3. The fourth-order valence-corrected chi connectivity index (χ4v) is 3.68. The largest absolute Gasteiger partial charge is 0.352 e. The van der Waals surface area contributed by atoms with E-state index in [1.807, 2.05) is 0 Å². The average molecular weight is 327 g/mol. The van der Waals surface area contributed by atoms with Gasteiger partial charge in [-0.15, -0.1) is 0 Å². The van der Waals surface area contributed by atoms with Gasteiger partial charge in [-0.1, -0.05) is 36.0 Å². The van der Waals surface area contributed by atoms with Crippen molar-refractivity contribution < 1.29 is 4.79 Å². The lowest BCUT2D eigenvalue weighted by Gasteiger charge is -2.16. The SMILES string of the molecule is O=C(NCCC1CC1)c1ccc(Cl)c(C2CCNC2)c1Cl. The van der Waals surface area contributed by atoms with Crippen molar-refractivity contribution >= 4 is 29.1 Å². The Kier molecular flexibility index (Phi) is 4.72. The average Bonchev–Trinajstić information content (AvgIpc) is 3.12. The lowest BCUT2D eigenvalue weighted by molar-refractivity contribution is 0.0952. The summed E-state index contributed by atoms with van der Waals surface area (Å²) in [6, 6.07) is 3.51. The standard InChI is InChI=1S/C16H20Cl2N2O/c17-13-4-3-12(16(21)20-8-5-10-1-2-10)15(18)14(13)11-6-7-19-9-11/h3-4,10-11,19H,1-2,5-9H2,(H,20,21). The van der Waals surface area contributed by atoms with Crippen LogP contribution >= 0.6 is 23.2 Å². The smallest absolute Gasteiger partial charge is 0.252 e. The molecule has 1 amide bonds. The monoisotopic (exact) mass is 326 g/mol. The highest BCUT2D eigenvalue weighted by Crippen LogP contribution is 2.37. The van der Waals surface area contributed by atoms with Gasteiger partial charge in [-0.05, 0) is 43.0 Å². The van der Waals surface area contributed by atoms with E-state index in [2.05, 4.69) is 10.6 Å². The number of halogens is 2. The fourth-order valence-electron chi connectivity index (χ4n) is 2.91. The minimum Gasteiger partial charge on any atom is -0.352 e. The maximum Gasteiger partial charge on any atom is 0.252 e. The Bertz CT molecular complexity index is 537. The minimum absolute atomic E-state index is 0.0930. The number of amides is 1. The molecule has 1 saturated heterocycles. The van der Waals surface area contributed by atoms with Crippen LogP contribution in [0.15, 0.2) is 12.1 Å². The number of nitrogens with one attached hydrogen (secondary N) is 2. The van der Waals surface area contributed by atoms with Crippen LogP contribution in [0.25, 0.3) is 0 Å².